The van der Waals surface area contributed by atoms with Crippen molar-refractivity contribution < 1.29 is 9.59 Å². The van der Waals surface area contributed by atoms with Crippen LogP contribution in [0.2, 0.25) is 0 Å². The molecule has 2 amide bonds. The lowest BCUT2D eigenvalue weighted by molar-refractivity contribution is -0.159. The fourth-order valence-electron chi connectivity index (χ4n) is 4.21. The van der Waals surface area contributed by atoms with E-state index < -0.39 is 5.91 Å². The van der Waals surface area contributed by atoms with Gasteiger partial charge in [-0.15, -0.1) is 10.2 Å². The first kappa shape index (κ1) is 18.9. The molecule has 5 rings (SSSR count). The highest BCUT2D eigenvalue weighted by Gasteiger charge is 2.42. The van der Waals surface area contributed by atoms with E-state index in [1.807, 2.05) is 48.5 Å². The monoisotopic (exact) mass is 418 g/mol. The molecule has 1 saturated heterocycles. The smallest absolute Gasteiger partial charge is 0.312 e. The highest BCUT2D eigenvalue weighted by molar-refractivity contribution is 7.14. The van der Waals surface area contributed by atoms with Crippen molar-refractivity contribution in [3.05, 3.63) is 71.2 Å². The maximum Gasteiger partial charge on any atom is 0.312 e. The quantitative estimate of drug-likeness (QED) is 0.596. The Morgan fingerprint density at radius 3 is 2.30 bits per heavy atom. The number of carbonyl (C=O) groups excluding carboxylic acids is 2. The number of carbonyl (C=O) groups is 2. The van der Waals surface area contributed by atoms with E-state index in [0.717, 1.165) is 28.4 Å². The average Bonchev–Trinajstić information content (AvgIpc) is 3.22. The second-order valence-corrected chi connectivity index (χ2v) is 8.89. The zero-order valence-electron chi connectivity index (χ0n) is 16.5. The molecule has 0 N–H and O–H groups in total. The van der Waals surface area contributed by atoms with Crippen molar-refractivity contribution >= 4 is 23.2 Å². The minimum absolute atomic E-state index is 0.167. The third kappa shape index (κ3) is 3.61. The summed E-state index contributed by atoms with van der Waals surface area (Å²) in [5, 5.41) is 10.0. The van der Waals surface area contributed by atoms with Gasteiger partial charge in [0.1, 0.15) is 10.0 Å². The van der Waals surface area contributed by atoms with Gasteiger partial charge in [-0.1, -0.05) is 72.0 Å². The third-order valence-electron chi connectivity index (χ3n) is 5.98. The predicted molar refractivity (Wildman–Crippen MR) is 115 cm³/mol. The minimum Gasteiger partial charge on any atom is -0.330 e. The van der Waals surface area contributed by atoms with Crippen molar-refractivity contribution in [2.24, 2.45) is 0 Å². The molecule has 3 aromatic rings. The molecule has 0 atom stereocenters. The molecule has 1 saturated carbocycles. The second kappa shape index (κ2) is 7.99. The van der Waals surface area contributed by atoms with Gasteiger partial charge in [0.25, 0.3) is 0 Å². The molecule has 2 heterocycles. The van der Waals surface area contributed by atoms with E-state index >= 15 is 0 Å². The molecular formula is C23H22N4O2S. The van der Waals surface area contributed by atoms with Crippen molar-refractivity contribution in [3.8, 4) is 10.6 Å². The number of hydrogen-bond acceptors (Lipinski definition) is 5. The summed E-state index contributed by atoms with van der Waals surface area (Å²) in [5.41, 5.74) is 2.32. The molecule has 0 spiro atoms. The summed E-state index contributed by atoms with van der Waals surface area (Å²) in [4.78, 5) is 28.8. The molecule has 7 heteroatoms. The Morgan fingerprint density at radius 1 is 0.867 bits per heavy atom. The summed E-state index contributed by atoms with van der Waals surface area (Å²) in [7, 11) is 0. The fraction of sp³-hybridized carbons (Fsp3) is 0.304. The number of aromatic nitrogens is 2. The Bertz CT molecular complexity index is 1050. The van der Waals surface area contributed by atoms with Gasteiger partial charge < -0.3 is 9.80 Å². The molecule has 2 fully saturated rings. The van der Waals surface area contributed by atoms with Crippen LogP contribution in [-0.4, -0.2) is 50.9 Å². The maximum atomic E-state index is 12.7. The minimum atomic E-state index is -0.430. The highest BCUT2D eigenvalue weighted by atomic mass is 32.1. The largest absolute Gasteiger partial charge is 0.330 e. The fourth-order valence-corrected chi connectivity index (χ4v) is 5.07. The van der Waals surface area contributed by atoms with Gasteiger partial charge in [0.05, 0.1) is 6.54 Å². The van der Waals surface area contributed by atoms with E-state index in [1.54, 1.807) is 9.80 Å². The summed E-state index contributed by atoms with van der Waals surface area (Å²) >= 11 is 1.46. The number of hydrogen-bond donors (Lipinski definition) is 0. The SMILES string of the molecule is O=C1C(=O)N(C2CC(c3ccccc3)C2)CCN1Cc1nnc(-c2ccccc2)s1. The van der Waals surface area contributed by atoms with Crippen molar-refractivity contribution in [1.82, 2.24) is 20.0 Å². The van der Waals surface area contributed by atoms with Crippen LogP contribution in [0.25, 0.3) is 10.6 Å². The molecule has 152 valence electrons. The lowest BCUT2D eigenvalue weighted by atomic mass is 9.75. The maximum absolute atomic E-state index is 12.7. The van der Waals surface area contributed by atoms with E-state index in [4.69, 9.17) is 0 Å². The van der Waals surface area contributed by atoms with Gasteiger partial charge in [0.15, 0.2) is 0 Å². The molecule has 0 unspecified atom stereocenters. The number of benzene rings is 2. The molecule has 0 radical (unpaired) electrons. The van der Waals surface area contributed by atoms with Crippen LogP contribution in [0.4, 0.5) is 0 Å². The van der Waals surface area contributed by atoms with Gasteiger partial charge in [-0.05, 0) is 24.3 Å². The zero-order valence-corrected chi connectivity index (χ0v) is 17.3. The van der Waals surface area contributed by atoms with Crippen LogP contribution in [-0.2, 0) is 16.1 Å². The first-order valence-corrected chi connectivity index (χ1v) is 11.0. The van der Waals surface area contributed by atoms with Crippen LogP contribution in [0.3, 0.4) is 0 Å². The number of piperazine rings is 1. The Kier molecular flexibility index (Phi) is 5.04. The summed E-state index contributed by atoms with van der Waals surface area (Å²) in [6.45, 7) is 1.46. The van der Waals surface area contributed by atoms with E-state index in [0.29, 0.717) is 25.6 Å². The van der Waals surface area contributed by atoms with Crippen LogP contribution < -0.4 is 0 Å². The van der Waals surface area contributed by atoms with Crippen LogP contribution in [0.1, 0.15) is 29.3 Å². The first-order chi connectivity index (χ1) is 14.7. The van der Waals surface area contributed by atoms with Crippen LogP contribution in [0, 0.1) is 0 Å². The first-order valence-electron chi connectivity index (χ1n) is 10.2. The Morgan fingerprint density at radius 2 is 1.57 bits per heavy atom. The summed E-state index contributed by atoms with van der Waals surface area (Å²) < 4.78 is 0. The second-order valence-electron chi connectivity index (χ2n) is 7.83. The summed E-state index contributed by atoms with van der Waals surface area (Å²) in [5.74, 6) is -0.332. The third-order valence-corrected chi connectivity index (χ3v) is 6.94. The number of rotatable bonds is 5. The van der Waals surface area contributed by atoms with Crippen molar-refractivity contribution in [2.75, 3.05) is 13.1 Å². The van der Waals surface area contributed by atoms with Gasteiger partial charge in [0, 0.05) is 24.7 Å². The Hall–Kier alpha value is -3.06. The molecule has 1 aliphatic heterocycles. The molecule has 1 aliphatic carbocycles. The van der Waals surface area contributed by atoms with Crippen LogP contribution in [0.5, 0.6) is 0 Å². The predicted octanol–water partition coefficient (Wildman–Crippen LogP) is 3.32. The highest BCUT2D eigenvalue weighted by Crippen LogP contribution is 2.40. The van der Waals surface area contributed by atoms with Gasteiger partial charge in [-0.25, -0.2) is 0 Å². The van der Waals surface area contributed by atoms with Gasteiger partial charge >= 0.3 is 11.8 Å². The zero-order chi connectivity index (χ0) is 20.5. The standard InChI is InChI=1S/C23H22N4O2S/c28-22-23(29)27(19-13-18(14-19)16-7-3-1-4-8-16)12-11-26(22)15-20-24-25-21(30-20)17-9-5-2-6-10-17/h1-10,18-19H,11-15H2. The lowest BCUT2D eigenvalue weighted by Gasteiger charge is -2.45. The molecule has 2 aliphatic rings. The van der Waals surface area contributed by atoms with E-state index in [2.05, 4.69) is 22.3 Å². The summed E-state index contributed by atoms with van der Waals surface area (Å²) in [6.07, 6.45) is 1.86. The van der Waals surface area contributed by atoms with Crippen molar-refractivity contribution in [3.63, 3.8) is 0 Å². The Balaban J connectivity index is 1.19. The molecular weight excluding hydrogens is 396 g/mol. The van der Waals surface area contributed by atoms with Crippen molar-refractivity contribution in [1.29, 1.82) is 0 Å². The average molecular weight is 419 g/mol. The van der Waals surface area contributed by atoms with E-state index in [1.165, 1.54) is 16.9 Å². The lowest BCUT2D eigenvalue weighted by Crippen LogP contribution is -2.59. The van der Waals surface area contributed by atoms with Gasteiger partial charge in [0.2, 0.25) is 0 Å². The van der Waals surface area contributed by atoms with E-state index in [9.17, 15) is 9.59 Å². The van der Waals surface area contributed by atoms with Crippen molar-refractivity contribution in [2.45, 2.75) is 31.3 Å². The molecule has 1 aromatic heterocycles. The Labute approximate surface area is 179 Å². The summed E-state index contributed by atoms with van der Waals surface area (Å²) in [6, 6.07) is 20.4. The molecule has 30 heavy (non-hydrogen) atoms. The van der Waals surface area contributed by atoms with E-state index in [-0.39, 0.29) is 11.9 Å². The molecule has 2 aromatic carbocycles. The van der Waals surface area contributed by atoms with Gasteiger partial charge in [-0.3, -0.25) is 9.59 Å². The normalized spacial score (nSPS) is 21.6. The van der Waals surface area contributed by atoms with Crippen LogP contribution >= 0.6 is 11.3 Å². The topological polar surface area (TPSA) is 66.4 Å². The van der Waals surface area contributed by atoms with Gasteiger partial charge in [-0.2, -0.15) is 0 Å². The molecule has 0 bridgehead atoms. The van der Waals surface area contributed by atoms with Crippen LogP contribution in [0.15, 0.2) is 60.7 Å². The molecule has 6 nitrogen and oxygen atoms in total. The number of nitrogens with zero attached hydrogens (tertiary/aromatic N) is 4. The number of amides is 2.